The van der Waals surface area contributed by atoms with Gasteiger partial charge in [0.05, 0.1) is 0 Å². The highest BCUT2D eigenvalue weighted by molar-refractivity contribution is 9.10. The van der Waals surface area contributed by atoms with E-state index < -0.39 is 15.8 Å². The lowest BCUT2D eigenvalue weighted by Crippen LogP contribution is -2.38. The van der Waals surface area contributed by atoms with E-state index in [9.17, 15) is 12.8 Å². The van der Waals surface area contributed by atoms with Crippen molar-refractivity contribution in [1.29, 1.82) is 0 Å². The lowest BCUT2D eigenvalue weighted by molar-refractivity contribution is 0.385. The van der Waals surface area contributed by atoms with Crippen LogP contribution in [0, 0.1) is 5.82 Å². The summed E-state index contributed by atoms with van der Waals surface area (Å²) in [4.78, 5) is -0.286. The van der Waals surface area contributed by atoms with E-state index in [0.29, 0.717) is 11.0 Å². The number of likely N-dealkylation sites (N-methyl/N-ethyl adjacent to an activating group) is 1. The predicted octanol–water partition coefficient (Wildman–Crippen LogP) is 1.57. The maximum Gasteiger partial charge on any atom is 0.246 e. The number of nitrogens with zero attached hydrogens (tertiary/aromatic N) is 1. The van der Waals surface area contributed by atoms with Crippen LogP contribution in [0.1, 0.15) is 6.42 Å². The Bertz CT molecular complexity index is 544. The number of halogens is 2. The number of hydrogen-bond acceptors (Lipinski definition) is 3. The Kier molecular flexibility index (Phi) is 4.05. The van der Waals surface area contributed by atoms with Crippen molar-refractivity contribution >= 4 is 26.0 Å². The Morgan fingerprint density at radius 1 is 1.50 bits per heavy atom. The van der Waals surface area contributed by atoms with Gasteiger partial charge in [0.1, 0.15) is 10.7 Å². The molecule has 0 radical (unpaired) electrons. The molecule has 18 heavy (non-hydrogen) atoms. The zero-order chi connectivity index (χ0) is 13.3. The van der Waals surface area contributed by atoms with Gasteiger partial charge in [0.2, 0.25) is 10.0 Å². The summed E-state index contributed by atoms with van der Waals surface area (Å²) in [7, 11) is -2.29. The van der Waals surface area contributed by atoms with Crippen LogP contribution in [0.3, 0.4) is 0 Å². The second kappa shape index (κ2) is 5.24. The van der Waals surface area contributed by atoms with E-state index in [4.69, 9.17) is 0 Å². The average Bonchev–Trinajstić information content (AvgIpc) is 2.84. The van der Waals surface area contributed by atoms with Crippen LogP contribution >= 0.6 is 15.9 Å². The van der Waals surface area contributed by atoms with Gasteiger partial charge in [-0.1, -0.05) is 15.9 Å². The second-order valence-corrected chi connectivity index (χ2v) is 7.12. The second-order valence-electron chi connectivity index (χ2n) is 4.24. The molecule has 7 heteroatoms. The zero-order valence-corrected chi connectivity index (χ0v) is 12.3. The standard InChI is InChI=1S/C11H14BrFN2O2S/c1-15(9-4-5-14-7-9)18(16,17)11-6-8(12)2-3-10(11)13/h2-3,6,9,14H,4-5,7H2,1H3. The third-order valence-electron chi connectivity index (χ3n) is 3.10. The lowest BCUT2D eigenvalue weighted by Gasteiger charge is -2.23. The van der Waals surface area contributed by atoms with E-state index in [2.05, 4.69) is 21.2 Å². The fourth-order valence-electron chi connectivity index (χ4n) is 1.98. The Labute approximate surface area is 114 Å². The SMILES string of the molecule is CN(C1CCNC1)S(=O)(=O)c1cc(Br)ccc1F. The van der Waals surface area contributed by atoms with Gasteiger partial charge in [-0.3, -0.25) is 0 Å². The molecule has 0 aromatic heterocycles. The van der Waals surface area contributed by atoms with Crippen LogP contribution in [0.15, 0.2) is 27.6 Å². The van der Waals surface area contributed by atoms with Crippen LogP contribution < -0.4 is 5.32 Å². The summed E-state index contributed by atoms with van der Waals surface area (Å²) in [6, 6.07) is 3.81. The first-order valence-corrected chi connectivity index (χ1v) is 7.80. The molecule has 0 aliphatic carbocycles. The van der Waals surface area contributed by atoms with Crippen molar-refractivity contribution < 1.29 is 12.8 Å². The summed E-state index contributed by atoms with van der Waals surface area (Å²) in [6.45, 7) is 1.39. The number of rotatable bonds is 3. The van der Waals surface area contributed by atoms with Crippen LogP contribution in [-0.2, 0) is 10.0 Å². The van der Waals surface area contributed by atoms with Gasteiger partial charge in [-0.15, -0.1) is 0 Å². The summed E-state index contributed by atoms with van der Waals surface area (Å²) in [6.07, 6.45) is 0.741. The monoisotopic (exact) mass is 336 g/mol. The van der Waals surface area contributed by atoms with Crippen LogP contribution in [0.2, 0.25) is 0 Å². The van der Waals surface area contributed by atoms with Crippen molar-refractivity contribution in [3.05, 3.63) is 28.5 Å². The lowest BCUT2D eigenvalue weighted by atomic mass is 10.3. The van der Waals surface area contributed by atoms with E-state index in [1.54, 1.807) is 0 Å². The number of nitrogens with one attached hydrogen (secondary N) is 1. The third-order valence-corrected chi connectivity index (χ3v) is 5.52. The van der Waals surface area contributed by atoms with E-state index in [0.717, 1.165) is 19.0 Å². The van der Waals surface area contributed by atoms with Crippen LogP contribution in [-0.4, -0.2) is 38.9 Å². The molecule has 1 aliphatic rings. The molecule has 100 valence electrons. The topological polar surface area (TPSA) is 49.4 Å². The molecule has 1 saturated heterocycles. The quantitative estimate of drug-likeness (QED) is 0.911. The van der Waals surface area contributed by atoms with Crippen LogP contribution in [0.4, 0.5) is 4.39 Å². The zero-order valence-electron chi connectivity index (χ0n) is 9.86. The third kappa shape index (κ3) is 2.59. The van der Waals surface area contributed by atoms with Crippen LogP contribution in [0.5, 0.6) is 0 Å². The van der Waals surface area contributed by atoms with E-state index in [1.165, 1.54) is 23.5 Å². The minimum Gasteiger partial charge on any atom is -0.315 e. The van der Waals surface area contributed by atoms with Gasteiger partial charge >= 0.3 is 0 Å². The molecule has 2 rings (SSSR count). The normalized spacial score (nSPS) is 20.6. The van der Waals surface area contributed by atoms with Gasteiger partial charge in [0.15, 0.2) is 0 Å². The van der Waals surface area contributed by atoms with E-state index >= 15 is 0 Å². The molecule has 1 aliphatic heterocycles. The fourth-order valence-corrected chi connectivity index (χ4v) is 3.96. The highest BCUT2D eigenvalue weighted by Gasteiger charge is 2.31. The molecule has 1 N–H and O–H groups in total. The molecule has 1 fully saturated rings. The molecule has 0 saturated carbocycles. The van der Waals surface area contributed by atoms with Crippen LogP contribution in [0.25, 0.3) is 0 Å². The van der Waals surface area contributed by atoms with Gasteiger partial charge in [0, 0.05) is 24.1 Å². The molecule has 0 amide bonds. The molecule has 0 spiro atoms. The minimum atomic E-state index is -3.79. The molecule has 1 heterocycles. The summed E-state index contributed by atoms with van der Waals surface area (Å²) in [5, 5.41) is 3.09. The van der Waals surface area contributed by atoms with Crippen molar-refractivity contribution in [2.45, 2.75) is 17.4 Å². The largest absolute Gasteiger partial charge is 0.315 e. The maximum atomic E-state index is 13.7. The number of sulfonamides is 1. The summed E-state index contributed by atoms with van der Waals surface area (Å²) >= 11 is 3.16. The number of hydrogen-bond donors (Lipinski definition) is 1. The van der Waals surface area contributed by atoms with E-state index in [-0.39, 0.29) is 10.9 Å². The smallest absolute Gasteiger partial charge is 0.246 e. The van der Waals surface area contributed by atoms with Gasteiger partial charge in [-0.25, -0.2) is 12.8 Å². The first-order valence-electron chi connectivity index (χ1n) is 5.57. The van der Waals surface area contributed by atoms with Gasteiger partial charge in [-0.2, -0.15) is 4.31 Å². The van der Waals surface area contributed by atoms with Crippen molar-refractivity contribution in [2.24, 2.45) is 0 Å². The molecular formula is C11H14BrFN2O2S. The first kappa shape index (κ1) is 13.9. The molecule has 1 atom stereocenters. The highest BCUT2D eigenvalue weighted by atomic mass is 79.9. The maximum absolute atomic E-state index is 13.7. The van der Waals surface area contributed by atoms with Crippen molar-refractivity contribution in [2.75, 3.05) is 20.1 Å². The van der Waals surface area contributed by atoms with Gasteiger partial charge in [-0.05, 0) is 31.2 Å². The predicted molar refractivity (Wildman–Crippen MR) is 70.3 cm³/mol. The van der Waals surface area contributed by atoms with Gasteiger partial charge < -0.3 is 5.32 Å². The Balaban J connectivity index is 2.37. The Hall–Kier alpha value is -0.500. The highest BCUT2D eigenvalue weighted by Crippen LogP contribution is 2.24. The fraction of sp³-hybridized carbons (Fsp3) is 0.455. The number of benzene rings is 1. The Morgan fingerprint density at radius 2 is 2.22 bits per heavy atom. The average molecular weight is 337 g/mol. The van der Waals surface area contributed by atoms with Crippen molar-refractivity contribution in [1.82, 2.24) is 9.62 Å². The first-order chi connectivity index (χ1) is 8.43. The summed E-state index contributed by atoms with van der Waals surface area (Å²) in [5.74, 6) is -0.726. The molecule has 1 aromatic rings. The molecular weight excluding hydrogens is 323 g/mol. The van der Waals surface area contributed by atoms with Gasteiger partial charge in [0.25, 0.3) is 0 Å². The summed E-state index contributed by atoms with van der Waals surface area (Å²) in [5.41, 5.74) is 0. The Morgan fingerprint density at radius 3 is 2.83 bits per heavy atom. The van der Waals surface area contributed by atoms with E-state index in [1.807, 2.05) is 0 Å². The molecule has 4 nitrogen and oxygen atoms in total. The summed E-state index contributed by atoms with van der Waals surface area (Å²) < 4.78 is 40.1. The van der Waals surface area contributed by atoms with Crippen molar-refractivity contribution in [3.8, 4) is 0 Å². The molecule has 1 unspecified atom stereocenters. The molecule has 0 bridgehead atoms. The minimum absolute atomic E-state index is 0.117. The van der Waals surface area contributed by atoms with Crippen molar-refractivity contribution in [3.63, 3.8) is 0 Å². The molecule has 1 aromatic carbocycles.